The number of thioether (sulfide) groups is 1. The van der Waals surface area contributed by atoms with Crippen LogP contribution >= 0.6 is 57.9 Å². The molecule has 1 aromatic heterocycles. The van der Waals surface area contributed by atoms with Gasteiger partial charge in [-0.2, -0.15) is 0 Å². The Labute approximate surface area is 256 Å². The first-order valence-electron chi connectivity index (χ1n) is 12.2. The predicted molar refractivity (Wildman–Crippen MR) is 161 cm³/mol. The largest absolute Gasteiger partial charge is 0.483 e. The number of hydrogen-bond donors (Lipinski definition) is 2. The summed E-state index contributed by atoms with van der Waals surface area (Å²) in [4.78, 5) is 56.9. The van der Waals surface area contributed by atoms with Gasteiger partial charge in [-0.15, -0.1) is 0 Å². The molecule has 2 N–H and O–H groups in total. The molecular weight excluding hydrogens is 629 g/mol. The normalized spacial score (nSPS) is 19.6. The van der Waals surface area contributed by atoms with Gasteiger partial charge in [-0.25, -0.2) is 4.90 Å². The van der Waals surface area contributed by atoms with Gasteiger partial charge in [0.15, 0.2) is 6.61 Å². The number of aromatic nitrogens is 1. The molecule has 6 rings (SSSR count). The Hall–Kier alpha value is -3.28. The maximum Gasteiger partial charge on any atom is 0.305 e. The predicted octanol–water partition coefficient (Wildman–Crippen LogP) is 6.21. The van der Waals surface area contributed by atoms with E-state index in [0.29, 0.717) is 47.7 Å². The summed E-state index contributed by atoms with van der Waals surface area (Å²) in [5.41, 5.74) is 1.43. The molecule has 3 atom stereocenters. The van der Waals surface area contributed by atoms with E-state index in [1.165, 1.54) is 0 Å². The number of carbonyl (C=O) groups is 3. The van der Waals surface area contributed by atoms with Crippen molar-refractivity contribution in [1.82, 2.24) is 4.98 Å². The molecule has 0 aliphatic carbocycles. The summed E-state index contributed by atoms with van der Waals surface area (Å²) in [6.45, 7) is -0.340. The van der Waals surface area contributed by atoms with Gasteiger partial charge in [-0.3, -0.25) is 19.2 Å². The third kappa shape index (κ3) is 5.38. The SMILES string of the molecule is O=C(COc1ccc(Cl)cc1[C@H]1c2sc(=O)[nH]c2SC2C(=O)N(c3ccc(Cl)cc3)C(=O)C21)Nc1ccc(Cl)cc1. The van der Waals surface area contributed by atoms with Crippen molar-refractivity contribution >= 4 is 87.0 Å². The minimum absolute atomic E-state index is 0.299. The lowest BCUT2D eigenvalue weighted by Gasteiger charge is -2.31. The summed E-state index contributed by atoms with van der Waals surface area (Å²) in [6, 6.07) is 17.9. The highest BCUT2D eigenvalue weighted by atomic mass is 35.5. The van der Waals surface area contributed by atoms with Crippen LogP contribution in [0.25, 0.3) is 0 Å². The van der Waals surface area contributed by atoms with E-state index in [4.69, 9.17) is 39.5 Å². The number of anilines is 2. The average Bonchev–Trinajstić information content (AvgIpc) is 3.44. The molecule has 4 aromatic rings. The first kappa shape index (κ1) is 27.9. The number of thiazole rings is 1. The first-order chi connectivity index (χ1) is 19.7. The lowest BCUT2D eigenvalue weighted by molar-refractivity contribution is -0.122. The van der Waals surface area contributed by atoms with Crippen molar-refractivity contribution in [2.75, 3.05) is 16.8 Å². The maximum absolute atomic E-state index is 14.0. The third-order valence-electron chi connectivity index (χ3n) is 6.70. The summed E-state index contributed by atoms with van der Waals surface area (Å²) in [5.74, 6) is -2.53. The van der Waals surface area contributed by atoms with Crippen LogP contribution in [0.15, 0.2) is 76.6 Å². The number of aromatic amines is 1. The van der Waals surface area contributed by atoms with Gasteiger partial charge in [-0.05, 0) is 66.7 Å². The lowest BCUT2D eigenvalue weighted by atomic mass is 9.82. The molecule has 2 aliphatic rings. The van der Waals surface area contributed by atoms with E-state index in [0.717, 1.165) is 28.0 Å². The smallest absolute Gasteiger partial charge is 0.305 e. The Balaban J connectivity index is 1.36. The van der Waals surface area contributed by atoms with Crippen molar-refractivity contribution in [3.8, 4) is 5.75 Å². The number of nitrogens with zero attached hydrogens (tertiary/aromatic N) is 1. The molecule has 3 aromatic carbocycles. The highest BCUT2D eigenvalue weighted by Gasteiger charge is 2.56. The molecule has 2 aliphatic heterocycles. The van der Waals surface area contributed by atoms with Crippen molar-refractivity contribution in [3.05, 3.63) is 102 Å². The Morgan fingerprint density at radius 3 is 2.27 bits per heavy atom. The van der Waals surface area contributed by atoms with Gasteiger partial charge in [-0.1, -0.05) is 57.9 Å². The monoisotopic (exact) mass is 645 g/mol. The number of hydrogen-bond acceptors (Lipinski definition) is 7. The van der Waals surface area contributed by atoms with Crippen LogP contribution in [-0.4, -0.2) is 34.6 Å². The fourth-order valence-electron chi connectivity index (χ4n) is 4.96. The zero-order chi connectivity index (χ0) is 28.8. The van der Waals surface area contributed by atoms with Gasteiger partial charge in [0.05, 0.1) is 16.6 Å². The number of H-pyrrole nitrogens is 1. The number of benzene rings is 3. The van der Waals surface area contributed by atoms with Gasteiger partial charge >= 0.3 is 4.87 Å². The van der Waals surface area contributed by atoms with Crippen molar-refractivity contribution in [1.29, 1.82) is 0 Å². The number of imide groups is 1. The zero-order valence-electron chi connectivity index (χ0n) is 20.7. The molecule has 13 heteroatoms. The Morgan fingerprint density at radius 1 is 0.902 bits per heavy atom. The van der Waals surface area contributed by atoms with E-state index in [-0.39, 0.29) is 11.5 Å². The Kier molecular flexibility index (Phi) is 7.60. The summed E-state index contributed by atoms with van der Waals surface area (Å²) >= 11 is 20.5. The van der Waals surface area contributed by atoms with Crippen LogP contribution in [0.3, 0.4) is 0 Å². The molecular formula is C28H18Cl3N3O5S2. The fraction of sp³-hybridized carbons (Fsp3) is 0.143. The second-order valence-corrected chi connectivity index (χ2v) is 12.7. The van der Waals surface area contributed by atoms with Crippen LogP contribution in [-0.2, 0) is 14.4 Å². The molecule has 3 heterocycles. The lowest BCUT2D eigenvalue weighted by Crippen LogP contribution is -2.32. The minimum Gasteiger partial charge on any atom is -0.483 e. The molecule has 8 nitrogen and oxygen atoms in total. The maximum atomic E-state index is 14.0. The van der Waals surface area contributed by atoms with Crippen LogP contribution in [0.4, 0.5) is 11.4 Å². The molecule has 3 amide bonds. The summed E-state index contributed by atoms with van der Waals surface area (Å²) in [5, 5.41) is 3.81. The van der Waals surface area contributed by atoms with E-state index >= 15 is 0 Å². The second kappa shape index (κ2) is 11.2. The van der Waals surface area contributed by atoms with E-state index in [1.807, 2.05) is 0 Å². The molecule has 0 bridgehead atoms. The molecule has 0 saturated carbocycles. The third-order valence-corrected chi connectivity index (χ3v) is 9.84. The summed E-state index contributed by atoms with van der Waals surface area (Å²) < 4.78 is 5.95. The number of nitrogens with one attached hydrogen (secondary N) is 2. The number of fused-ring (bicyclic) bond motifs is 2. The van der Waals surface area contributed by atoms with Crippen LogP contribution < -0.4 is 19.8 Å². The molecule has 41 heavy (non-hydrogen) atoms. The zero-order valence-corrected chi connectivity index (χ0v) is 24.6. The quantitative estimate of drug-likeness (QED) is 0.241. The minimum atomic E-state index is -0.856. The van der Waals surface area contributed by atoms with Crippen molar-refractivity contribution in [3.63, 3.8) is 0 Å². The van der Waals surface area contributed by atoms with Gasteiger partial charge in [0, 0.05) is 37.1 Å². The van der Waals surface area contributed by atoms with Gasteiger partial charge in [0.2, 0.25) is 11.8 Å². The number of halogens is 3. The number of carbonyl (C=O) groups excluding carboxylic acids is 3. The number of rotatable bonds is 6. The van der Waals surface area contributed by atoms with Crippen molar-refractivity contribution in [2.45, 2.75) is 16.2 Å². The van der Waals surface area contributed by atoms with Crippen molar-refractivity contribution in [2.24, 2.45) is 5.92 Å². The molecule has 208 valence electrons. The van der Waals surface area contributed by atoms with Crippen molar-refractivity contribution < 1.29 is 19.1 Å². The second-order valence-electron chi connectivity index (χ2n) is 9.26. The number of ether oxygens (including phenoxy) is 1. The van der Waals surface area contributed by atoms with E-state index in [2.05, 4.69) is 10.3 Å². The van der Waals surface area contributed by atoms with Crippen LogP contribution in [0.1, 0.15) is 16.4 Å². The highest BCUT2D eigenvalue weighted by molar-refractivity contribution is 8.00. The van der Waals surface area contributed by atoms with E-state index in [1.54, 1.807) is 66.7 Å². The highest BCUT2D eigenvalue weighted by Crippen LogP contribution is 2.54. The Bertz CT molecular complexity index is 1740. The van der Waals surface area contributed by atoms with Crippen LogP contribution in [0.5, 0.6) is 5.75 Å². The van der Waals surface area contributed by atoms with Crippen LogP contribution in [0.2, 0.25) is 15.1 Å². The van der Waals surface area contributed by atoms with E-state index in [9.17, 15) is 19.2 Å². The van der Waals surface area contributed by atoms with Crippen LogP contribution in [0, 0.1) is 5.92 Å². The number of amides is 3. The first-order valence-corrected chi connectivity index (χ1v) is 15.0. The topological polar surface area (TPSA) is 109 Å². The van der Waals surface area contributed by atoms with Gasteiger partial charge in [0.25, 0.3) is 5.91 Å². The molecule has 0 spiro atoms. The van der Waals surface area contributed by atoms with Gasteiger partial charge in [0.1, 0.15) is 11.0 Å². The molecule has 0 radical (unpaired) electrons. The molecule has 1 fully saturated rings. The van der Waals surface area contributed by atoms with E-state index < -0.39 is 34.8 Å². The average molecular weight is 647 g/mol. The summed E-state index contributed by atoms with van der Waals surface area (Å²) in [6.07, 6.45) is 0. The summed E-state index contributed by atoms with van der Waals surface area (Å²) in [7, 11) is 0. The van der Waals surface area contributed by atoms with Gasteiger partial charge < -0.3 is 15.0 Å². The molecule has 2 unspecified atom stereocenters. The standard InChI is InChI=1S/C28H18Cl3N3O5S2/c29-13-1-6-16(7-2-13)32-20(35)12-39-19-10-5-15(31)11-18(19)21-22-24(40-25-23(21)41-28(38)33-25)27(37)34(26(22)36)17-8-3-14(30)4-9-17/h1-11,21-22,24H,12H2,(H,32,35)(H,33,38)/t21-,22?,24?/m1/s1. The molecule has 1 saturated heterocycles. The fourth-order valence-corrected chi connectivity index (χ4v) is 7.90. The Morgan fingerprint density at radius 2 is 1.56 bits per heavy atom.